The Kier molecular flexibility index (Phi) is 8.26. The normalized spacial score (nSPS) is 16.9. The standard InChI is InChI=1S/C21H23ClN2O5S3/c1-4-6-11-29-16-12-14(7-8-15(16)28-3)13-17-20(25)24(5-2)21(30-17)23-32(26,27)19-10-9-18(22)31-19/h7-10,12-13H,4-6,11H2,1-3H3. The minimum absolute atomic E-state index is 0.0283. The van der Waals surface area contributed by atoms with E-state index >= 15 is 0 Å². The van der Waals surface area contributed by atoms with Crippen LogP contribution >= 0.6 is 34.7 Å². The molecule has 1 aromatic carbocycles. The van der Waals surface area contributed by atoms with Gasteiger partial charge in [0, 0.05) is 6.54 Å². The number of nitrogens with zero attached hydrogens (tertiary/aromatic N) is 2. The number of halogens is 1. The van der Waals surface area contributed by atoms with E-state index in [1.165, 1.54) is 17.0 Å². The molecule has 3 rings (SSSR count). The molecule has 0 radical (unpaired) electrons. The van der Waals surface area contributed by atoms with E-state index in [0.29, 0.717) is 27.3 Å². The second-order valence-corrected chi connectivity index (χ2v) is 11.2. The molecule has 1 saturated heterocycles. The quantitative estimate of drug-likeness (QED) is 0.335. The van der Waals surface area contributed by atoms with Gasteiger partial charge >= 0.3 is 0 Å². The minimum atomic E-state index is -3.97. The third-order valence-corrected chi connectivity index (χ3v) is 8.53. The van der Waals surface area contributed by atoms with Crippen LogP contribution in [0.4, 0.5) is 0 Å². The van der Waals surface area contributed by atoms with Crippen LogP contribution in [0.2, 0.25) is 4.34 Å². The molecule has 7 nitrogen and oxygen atoms in total. The highest BCUT2D eigenvalue weighted by Crippen LogP contribution is 2.36. The number of benzene rings is 1. The molecule has 0 saturated carbocycles. The predicted octanol–water partition coefficient (Wildman–Crippen LogP) is 5.27. The predicted molar refractivity (Wildman–Crippen MR) is 130 cm³/mol. The maximum atomic E-state index is 12.9. The van der Waals surface area contributed by atoms with Gasteiger partial charge in [0.25, 0.3) is 15.9 Å². The lowest BCUT2D eigenvalue weighted by molar-refractivity contribution is -0.122. The number of thioether (sulfide) groups is 1. The van der Waals surface area contributed by atoms with Gasteiger partial charge in [0.05, 0.1) is 23.0 Å². The Bertz CT molecular complexity index is 1160. The molecule has 0 spiro atoms. The van der Waals surface area contributed by atoms with E-state index in [-0.39, 0.29) is 21.8 Å². The number of ether oxygens (including phenoxy) is 2. The van der Waals surface area contributed by atoms with E-state index in [9.17, 15) is 13.2 Å². The van der Waals surface area contributed by atoms with Crippen molar-refractivity contribution in [3.63, 3.8) is 0 Å². The number of thiophene rings is 1. The van der Waals surface area contributed by atoms with E-state index in [0.717, 1.165) is 41.5 Å². The van der Waals surface area contributed by atoms with Crippen LogP contribution in [-0.2, 0) is 14.8 Å². The van der Waals surface area contributed by atoms with Crippen molar-refractivity contribution >= 4 is 61.9 Å². The number of unbranched alkanes of at least 4 members (excludes halogenated alkanes) is 1. The van der Waals surface area contributed by atoms with Crippen molar-refractivity contribution in [3.05, 3.63) is 45.1 Å². The van der Waals surface area contributed by atoms with E-state index in [2.05, 4.69) is 11.3 Å². The van der Waals surface area contributed by atoms with Gasteiger partial charge in [-0.25, -0.2) is 0 Å². The summed E-state index contributed by atoms with van der Waals surface area (Å²) in [5.41, 5.74) is 0.735. The Hall–Kier alpha value is -2.01. The maximum absolute atomic E-state index is 12.9. The van der Waals surface area contributed by atoms with Gasteiger partial charge in [-0.3, -0.25) is 9.69 Å². The summed E-state index contributed by atoms with van der Waals surface area (Å²) in [7, 11) is -2.40. The zero-order chi connectivity index (χ0) is 23.3. The topological polar surface area (TPSA) is 85.3 Å². The average molecular weight is 515 g/mol. The molecule has 0 atom stereocenters. The number of carbonyl (C=O) groups excluding carboxylic acids is 1. The first-order valence-electron chi connectivity index (χ1n) is 9.91. The van der Waals surface area contributed by atoms with Gasteiger partial charge in [-0.2, -0.15) is 8.42 Å². The van der Waals surface area contributed by atoms with Crippen LogP contribution in [0.25, 0.3) is 6.08 Å². The van der Waals surface area contributed by atoms with Crippen LogP contribution in [0.5, 0.6) is 11.5 Å². The van der Waals surface area contributed by atoms with Gasteiger partial charge in [-0.1, -0.05) is 31.0 Å². The molecule has 32 heavy (non-hydrogen) atoms. The van der Waals surface area contributed by atoms with Gasteiger partial charge in [0.2, 0.25) is 0 Å². The van der Waals surface area contributed by atoms with Crippen LogP contribution in [-0.4, -0.2) is 44.7 Å². The summed E-state index contributed by atoms with van der Waals surface area (Å²) < 4.78 is 40.7. The fraction of sp³-hybridized carbons (Fsp3) is 0.333. The number of methoxy groups -OCH3 is 1. The number of hydrogen-bond acceptors (Lipinski definition) is 7. The summed E-state index contributed by atoms with van der Waals surface area (Å²) in [5.74, 6) is 0.885. The fourth-order valence-electron chi connectivity index (χ4n) is 2.81. The second kappa shape index (κ2) is 10.7. The molecule has 1 fully saturated rings. The first-order valence-corrected chi connectivity index (χ1v) is 13.4. The monoisotopic (exact) mass is 514 g/mol. The summed E-state index contributed by atoms with van der Waals surface area (Å²) in [4.78, 5) is 14.6. The van der Waals surface area contributed by atoms with Gasteiger partial charge in [0.15, 0.2) is 16.7 Å². The number of rotatable bonds is 9. The Balaban J connectivity index is 1.91. The molecule has 2 heterocycles. The average Bonchev–Trinajstić information content (AvgIpc) is 3.32. The van der Waals surface area contributed by atoms with Gasteiger partial charge < -0.3 is 9.47 Å². The largest absolute Gasteiger partial charge is 0.493 e. The fourth-order valence-corrected chi connectivity index (χ4v) is 6.52. The molecule has 2 aromatic rings. The maximum Gasteiger partial charge on any atom is 0.294 e. The highest BCUT2D eigenvalue weighted by molar-refractivity contribution is 8.19. The Morgan fingerprint density at radius 3 is 2.59 bits per heavy atom. The lowest BCUT2D eigenvalue weighted by Crippen LogP contribution is -2.29. The summed E-state index contributed by atoms with van der Waals surface area (Å²) in [6, 6.07) is 8.28. The Labute approximate surface area is 201 Å². The first-order chi connectivity index (χ1) is 15.3. The molecule has 0 N–H and O–H groups in total. The number of hydrogen-bond donors (Lipinski definition) is 0. The van der Waals surface area contributed by atoms with E-state index in [1.807, 2.05) is 6.07 Å². The van der Waals surface area contributed by atoms with Crippen LogP contribution < -0.4 is 9.47 Å². The van der Waals surface area contributed by atoms with Crippen LogP contribution in [0.1, 0.15) is 32.3 Å². The molecular weight excluding hydrogens is 492 g/mol. The molecule has 1 aliphatic heterocycles. The molecule has 0 bridgehead atoms. The molecule has 172 valence electrons. The van der Waals surface area contributed by atoms with Crippen LogP contribution in [0.3, 0.4) is 0 Å². The van der Waals surface area contributed by atoms with Crippen molar-refractivity contribution in [2.75, 3.05) is 20.3 Å². The van der Waals surface area contributed by atoms with Gasteiger partial charge in [0.1, 0.15) is 4.21 Å². The Morgan fingerprint density at radius 1 is 1.19 bits per heavy atom. The van der Waals surface area contributed by atoms with E-state index in [4.69, 9.17) is 21.1 Å². The molecule has 0 aliphatic carbocycles. The summed E-state index contributed by atoms with van der Waals surface area (Å²) in [6.07, 6.45) is 3.61. The van der Waals surface area contributed by atoms with Crippen molar-refractivity contribution in [2.45, 2.75) is 30.9 Å². The zero-order valence-electron chi connectivity index (χ0n) is 17.8. The number of amidine groups is 1. The smallest absolute Gasteiger partial charge is 0.294 e. The van der Waals surface area contributed by atoms with Crippen molar-refractivity contribution in [2.24, 2.45) is 4.40 Å². The van der Waals surface area contributed by atoms with Crippen LogP contribution in [0, 0.1) is 0 Å². The SMILES string of the molecule is CCCCOc1cc(C=C2SC(=NS(=O)(=O)c3ccc(Cl)s3)N(CC)C2=O)ccc1OC. The summed E-state index contributed by atoms with van der Waals surface area (Å²) in [6.45, 7) is 4.69. The summed E-state index contributed by atoms with van der Waals surface area (Å²) in [5, 5.41) is 0.112. The van der Waals surface area contributed by atoms with Crippen molar-refractivity contribution in [1.82, 2.24) is 4.90 Å². The van der Waals surface area contributed by atoms with E-state index < -0.39 is 10.0 Å². The highest BCUT2D eigenvalue weighted by Gasteiger charge is 2.34. The summed E-state index contributed by atoms with van der Waals surface area (Å²) >= 11 is 7.80. The molecule has 1 aliphatic rings. The number of amides is 1. The first kappa shape index (κ1) is 24.6. The molecule has 0 unspecified atom stereocenters. The lowest BCUT2D eigenvalue weighted by atomic mass is 10.2. The lowest BCUT2D eigenvalue weighted by Gasteiger charge is -2.12. The Morgan fingerprint density at radius 2 is 1.97 bits per heavy atom. The van der Waals surface area contributed by atoms with Crippen molar-refractivity contribution < 1.29 is 22.7 Å². The van der Waals surface area contributed by atoms with E-state index in [1.54, 1.807) is 32.2 Å². The molecular formula is C21H23ClN2O5S3. The van der Waals surface area contributed by atoms with Crippen molar-refractivity contribution in [1.29, 1.82) is 0 Å². The highest BCUT2D eigenvalue weighted by atomic mass is 35.5. The molecule has 1 aromatic heterocycles. The second-order valence-electron chi connectivity index (χ2n) is 6.68. The van der Waals surface area contributed by atoms with Crippen molar-refractivity contribution in [3.8, 4) is 11.5 Å². The third-order valence-electron chi connectivity index (χ3n) is 4.45. The number of carbonyl (C=O) groups is 1. The van der Waals surface area contributed by atoms with Gasteiger partial charge in [-0.15, -0.1) is 15.7 Å². The molecule has 1 amide bonds. The van der Waals surface area contributed by atoms with Crippen LogP contribution in [0.15, 0.2) is 43.8 Å². The molecule has 11 heteroatoms. The number of sulfonamides is 1. The van der Waals surface area contributed by atoms with Gasteiger partial charge in [-0.05, 0) is 61.0 Å². The number of likely N-dealkylation sites (N-methyl/N-ethyl adjacent to an activating group) is 1. The third kappa shape index (κ3) is 5.67. The minimum Gasteiger partial charge on any atom is -0.493 e. The zero-order valence-corrected chi connectivity index (χ0v) is 21.0.